The van der Waals surface area contributed by atoms with Gasteiger partial charge in [0.15, 0.2) is 5.69 Å². The van der Waals surface area contributed by atoms with Crippen molar-refractivity contribution in [3.8, 4) is 11.1 Å². The Balaban J connectivity index is 1.80. The molecule has 0 spiro atoms. The SMILES string of the molecule is C[C@@H](Nc1cc(C(N)=O)nn2cc(-c3cnc(N)nc3)cc12)C1CC1. The third kappa shape index (κ3) is 2.98. The summed E-state index contributed by atoms with van der Waals surface area (Å²) in [4.78, 5) is 19.7. The summed E-state index contributed by atoms with van der Waals surface area (Å²) in [5.74, 6) is 0.336. The number of nitrogens with zero attached hydrogens (tertiary/aromatic N) is 4. The van der Waals surface area contributed by atoms with Gasteiger partial charge in [-0.25, -0.2) is 14.5 Å². The van der Waals surface area contributed by atoms with Crippen molar-refractivity contribution < 1.29 is 4.79 Å². The topological polar surface area (TPSA) is 124 Å². The lowest BCUT2D eigenvalue weighted by molar-refractivity contribution is 0.0994. The Bertz CT molecular complexity index is 944. The average Bonchev–Trinajstić information content (AvgIpc) is 3.34. The number of nitrogens with one attached hydrogen (secondary N) is 1. The highest BCUT2D eigenvalue weighted by molar-refractivity contribution is 5.93. The van der Waals surface area contributed by atoms with Crippen LogP contribution in [-0.4, -0.2) is 31.5 Å². The van der Waals surface area contributed by atoms with Crippen LogP contribution in [0, 0.1) is 5.92 Å². The maximum atomic E-state index is 11.6. The molecule has 1 aliphatic carbocycles. The first kappa shape index (κ1) is 15.4. The summed E-state index contributed by atoms with van der Waals surface area (Å²) in [5, 5.41) is 7.80. The smallest absolute Gasteiger partial charge is 0.269 e. The van der Waals surface area contributed by atoms with E-state index in [9.17, 15) is 4.79 Å². The molecule has 1 saturated carbocycles. The van der Waals surface area contributed by atoms with Crippen molar-refractivity contribution in [1.29, 1.82) is 0 Å². The van der Waals surface area contributed by atoms with Gasteiger partial charge in [0.05, 0.1) is 11.2 Å². The van der Waals surface area contributed by atoms with Crippen molar-refractivity contribution in [2.75, 3.05) is 11.1 Å². The van der Waals surface area contributed by atoms with Gasteiger partial charge in [0.2, 0.25) is 5.95 Å². The van der Waals surface area contributed by atoms with Crippen LogP contribution in [0.1, 0.15) is 30.3 Å². The first-order valence-electron chi connectivity index (χ1n) is 8.19. The fourth-order valence-electron chi connectivity index (χ4n) is 2.93. The van der Waals surface area contributed by atoms with Crippen LogP contribution in [-0.2, 0) is 0 Å². The van der Waals surface area contributed by atoms with E-state index in [0.29, 0.717) is 12.0 Å². The summed E-state index contributed by atoms with van der Waals surface area (Å²) in [6, 6.07) is 4.01. The number of hydrogen-bond acceptors (Lipinski definition) is 6. The second kappa shape index (κ2) is 5.73. The Morgan fingerprint density at radius 3 is 2.64 bits per heavy atom. The molecule has 4 rings (SSSR count). The highest BCUT2D eigenvalue weighted by Gasteiger charge is 2.28. The molecule has 3 heterocycles. The molecule has 0 aromatic carbocycles. The van der Waals surface area contributed by atoms with Gasteiger partial charge in [0.1, 0.15) is 0 Å². The number of carbonyl (C=O) groups excluding carboxylic acids is 1. The predicted molar refractivity (Wildman–Crippen MR) is 95.0 cm³/mol. The molecule has 1 fully saturated rings. The molecule has 3 aromatic rings. The molecule has 0 bridgehead atoms. The van der Waals surface area contributed by atoms with Crippen LogP contribution in [0.5, 0.6) is 0 Å². The van der Waals surface area contributed by atoms with E-state index < -0.39 is 5.91 Å². The number of carbonyl (C=O) groups is 1. The van der Waals surface area contributed by atoms with E-state index in [1.54, 1.807) is 23.0 Å². The van der Waals surface area contributed by atoms with Crippen LogP contribution in [0.2, 0.25) is 0 Å². The molecule has 3 aromatic heterocycles. The normalized spacial score (nSPS) is 15.2. The van der Waals surface area contributed by atoms with Gasteiger partial charge in [-0.3, -0.25) is 4.79 Å². The van der Waals surface area contributed by atoms with Gasteiger partial charge in [0, 0.05) is 35.8 Å². The summed E-state index contributed by atoms with van der Waals surface area (Å²) in [6.45, 7) is 2.15. The minimum Gasteiger partial charge on any atom is -0.381 e. The van der Waals surface area contributed by atoms with E-state index in [1.165, 1.54) is 12.8 Å². The molecule has 1 aliphatic rings. The number of fused-ring (bicyclic) bond motifs is 1. The quantitative estimate of drug-likeness (QED) is 0.650. The molecular formula is C17H19N7O. The van der Waals surface area contributed by atoms with Crippen molar-refractivity contribution in [3.63, 3.8) is 0 Å². The number of hydrogen-bond donors (Lipinski definition) is 3. The second-order valence-electron chi connectivity index (χ2n) is 6.47. The van der Waals surface area contributed by atoms with E-state index in [2.05, 4.69) is 27.3 Å². The molecule has 0 unspecified atom stereocenters. The van der Waals surface area contributed by atoms with Gasteiger partial charge in [-0.2, -0.15) is 5.10 Å². The molecule has 128 valence electrons. The molecule has 0 aliphatic heterocycles. The molecule has 8 heteroatoms. The third-order valence-electron chi connectivity index (χ3n) is 4.54. The second-order valence-corrected chi connectivity index (χ2v) is 6.47. The first-order chi connectivity index (χ1) is 12.0. The maximum Gasteiger partial charge on any atom is 0.269 e. The molecule has 1 amide bonds. The predicted octanol–water partition coefficient (Wildman–Crippen LogP) is 1.68. The van der Waals surface area contributed by atoms with Crippen LogP contribution in [0.25, 0.3) is 16.6 Å². The van der Waals surface area contributed by atoms with Gasteiger partial charge >= 0.3 is 0 Å². The Kier molecular flexibility index (Phi) is 3.52. The van der Waals surface area contributed by atoms with Crippen LogP contribution in [0.4, 0.5) is 11.6 Å². The van der Waals surface area contributed by atoms with Crippen LogP contribution in [0.3, 0.4) is 0 Å². The summed E-state index contributed by atoms with van der Waals surface area (Å²) < 4.78 is 1.66. The highest BCUT2D eigenvalue weighted by atomic mass is 16.1. The van der Waals surface area contributed by atoms with Gasteiger partial charge in [0.25, 0.3) is 5.91 Å². The summed E-state index contributed by atoms with van der Waals surface area (Å²) >= 11 is 0. The first-order valence-corrected chi connectivity index (χ1v) is 8.19. The zero-order valence-corrected chi connectivity index (χ0v) is 13.8. The lowest BCUT2D eigenvalue weighted by Gasteiger charge is -2.15. The van der Waals surface area contributed by atoms with E-state index in [0.717, 1.165) is 22.3 Å². The standard InChI is InChI=1S/C17H19N7O/c1-9(10-2-3-10)22-13-5-14(16(18)25)23-24-8-11(4-15(13)24)12-6-20-17(19)21-7-12/h4-10,22H,2-3H2,1H3,(H2,18,25)(H2,19,20,21)/t9-/m1/s1. The molecule has 25 heavy (non-hydrogen) atoms. The van der Waals surface area contributed by atoms with Gasteiger partial charge < -0.3 is 16.8 Å². The van der Waals surface area contributed by atoms with Gasteiger partial charge in [-0.1, -0.05) is 0 Å². The molecule has 0 saturated heterocycles. The number of primary amides is 1. The number of rotatable bonds is 5. The Morgan fingerprint density at radius 2 is 2.00 bits per heavy atom. The highest BCUT2D eigenvalue weighted by Crippen LogP contribution is 2.35. The number of amides is 1. The number of anilines is 2. The minimum atomic E-state index is -0.560. The summed E-state index contributed by atoms with van der Waals surface area (Å²) in [5.41, 5.74) is 14.6. The molecular weight excluding hydrogens is 318 g/mol. The van der Waals surface area contributed by atoms with Crippen molar-refractivity contribution in [3.05, 3.63) is 36.4 Å². The third-order valence-corrected chi connectivity index (χ3v) is 4.54. The van der Waals surface area contributed by atoms with Gasteiger partial charge in [-0.05, 0) is 37.8 Å². The molecule has 8 nitrogen and oxygen atoms in total. The molecule has 0 radical (unpaired) electrons. The minimum absolute atomic E-state index is 0.216. The van der Waals surface area contributed by atoms with Crippen molar-refractivity contribution >= 4 is 23.1 Å². The summed E-state index contributed by atoms with van der Waals surface area (Å²) in [7, 11) is 0. The number of nitrogen functional groups attached to an aromatic ring is 1. The van der Waals surface area contributed by atoms with Crippen molar-refractivity contribution in [2.45, 2.75) is 25.8 Å². The van der Waals surface area contributed by atoms with E-state index >= 15 is 0 Å². The van der Waals surface area contributed by atoms with E-state index in [-0.39, 0.29) is 11.6 Å². The number of aromatic nitrogens is 4. The molecule has 5 N–H and O–H groups in total. The van der Waals surface area contributed by atoms with Crippen molar-refractivity contribution in [2.24, 2.45) is 11.7 Å². The average molecular weight is 337 g/mol. The fraction of sp³-hybridized carbons (Fsp3) is 0.294. The Hall–Kier alpha value is -3.16. The maximum absolute atomic E-state index is 11.6. The van der Waals surface area contributed by atoms with E-state index in [1.807, 2.05) is 12.3 Å². The fourth-order valence-corrected chi connectivity index (χ4v) is 2.93. The monoisotopic (exact) mass is 337 g/mol. The van der Waals surface area contributed by atoms with Gasteiger partial charge in [-0.15, -0.1) is 0 Å². The zero-order valence-electron chi connectivity index (χ0n) is 13.8. The summed E-state index contributed by atoms with van der Waals surface area (Å²) in [6.07, 6.45) is 7.60. The van der Waals surface area contributed by atoms with E-state index in [4.69, 9.17) is 11.5 Å². The largest absolute Gasteiger partial charge is 0.381 e. The number of nitrogens with two attached hydrogens (primary N) is 2. The molecule has 1 atom stereocenters. The van der Waals surface area contributed by atoms with Crippen molar-refractivity contribution in [1.82, 2.24) is 19.6 Å². The zero-order chi connectivity index (χ0) is 17.6. The van der Waals surface area contributed by atoms with Crippen LogP contribution in [0.15, 0.2) is 30.7 Å². The van der Waals surface area contributed by atoms with Crippen LogP contribution >= 0.6 is 0 Å². The Labute approximate surface area is 144 Å². The Morgan fingerprint density at radius 1 is 1.28 bits per heavy atom. The lowest BCUT2D eigenvalue weighted by Crippen LogP contribution is -2.20. The van der Waals surface area contributed by atoms with Crippen LogP contribution < -0.4 is 16.8 Å². The lowest BCUT2D eigenvalue weighted by atomic mass is 10.1.